The van der Waals surface area contributed by atoms with Crippen LogP contribution in [0, 0.1) is 10.6 Å². The molecule has 0 unspecified atom stereocenters. The predicted octanol–water partition coefficient (Wildman–Crippen LogP) is 6.43. The predicted molar refractivity (Wildman–Crippen MR) is 136 cm³/mol. The van der Waals surface area contributed by atoms with Gasteiger partial charge in [0, 0.05) is 44.5 Å². The maximum Gasteiger partial charge on any atom is 0.329 e. The Morgan fingerprint density at radius 2 is 1.71 bits per heavy atom. The highest BCUT2D eigenvalue weighted by atomic mass is 32.1. The second-order valence-electron chi connectivity index (χ2n) is 9.09. The first-order valence-electron chi connectivity index (χ1n) is 11.2. The van der Waals surface area contributed by atoms with E-state index >= 15 is 0 Å². The zero-order chi connectivity index (χ0) is 24.6. The number of nitrogens with zero attached hydrogens (tertiary/aromatic N) is 3. The average molecular weight is 483 g/mol. The van der Waals surface area contributed by atoms with Gasteiger partial charge >= 0.3 is 5.69 Å². The summed E-state index contributed by atoms with van der Waals surface area (Å²) in [7, 11) is 1.69. The molecular weight excluding hydrogens is 454 g/mol. The molecule has 34 heavy (non-hydrogen) atoms. The van der Waals surface area contributed by atoms with E-state index < -0.39 is 5.92 Å². The smallest absolute Gasteiger partial charge is 0.329 e. The summed E-state index contributed by atoms with van der Waals surface area (Å²) in [4.78, 5) is 13.1. The first-order valence-corrected chi connectivity index (χ1v) is 11.6. The summed E-state index contributed by atoms with van der Waals surface area (Å²) in [5, 5.41) is 4.24. The van der Waals surface area contributed by atoms with E-state index in [0.717, 1.165) is 34.9 Å². The van der Waals surface area contributed by atoms with Crippen LogP contribution in [-0.2, 0) is 26.1 Å². The van der Waals surface area contributed by atoms with E-state index in [1.165, 1.54) is 16.7 Å². The molecule has 0 atom stereocenters. The quantitative estimate of drug-likeness (QED) is 0.309. The van der Waals surface area contributed by atoms with Gasteiger partial charge in [-0.3, -0.25) is 9.13 Å². The Morgan fingerprint density at radius 1 is 1.06 bits per heavy atom. The van der Waals surface area contributed by atoms with Gasteiger partial charge in [0.1, 0.15) is 10.5 Å². The SMILES string of the molecule is CC(C)Cn1c(=O)n(C)c(=S)c2c(Nc3ccccc3)n(Cc3ccc(C(C)(F)F)cc3)cc21. The number of hydrogen-bond acceptors (Lipinski definition) is 3. The second-order valence-corrected chi connectivity index (χ2v) is 9.48. The molecule has 0 fully saturated rings. The number of benzene rings is 2. The van der Waals surface area contributed by atoms with Crippen molar-refractivity contribution >= 4 is 34.6 Å². The molecule has 0 saturated carbocycles. The third-order valence-corrected chi connectivity index (χ3v) is 6.26. The van der Waals surface area contributed by atoms with E-state index in [0.29, 0.717) is 17.7 Å². The van der Waals surface area contributed by atoms with E-state index in [1.54, 1.807) is 23.7 Å². The van der Waals surface area contributed by atoms with Crippen LogP contribution in [-0.4, -0.2) is 13.7 Å². The average Bonchev–Trinajstić information content (AvgIpc) is 3.13. The molecule has 0 radical (unpaired) electrons. The van der Waals surface area contributed by atoms with Crippen molar-refractivity contribution in [2.75, 3.05) is 5.32 Å². The number of alkyl halides is 2. The van der Waals surface area contributed by atoms with Crippen LogP contribution in [0.15, 0.2) is 65.6 Å². The number of hydrogen-bond donors (Lipinski definition) is 1. The van der Waals surface area contributed by atoms with E-state index in [1.807, 2.05) is 41.1 Å². The van der Waals surface area contributed by atoms with E-state index in [-0.39, 0.29) is 17.2 Å². The number of nitrogens with one attached hydrogen (secondary N) is 1. The summed E-state index contributed by atoms with van der Waals surface area (Å²) in [5.74, 6) is -1.88. The molecule has 8 heteroatoms. The lowest BCUT2D eigenvalue weighted by molar-refractivity contribution is 0.0174. The van der Waals surface area contributed by atoms with Crippen LogP contribution in [0.5, 0.6) is 0 Å². The largest absolute Gasteiger partial charge is 0.341 e. The van der Waals surface area contributed by atoms with E-state index in [4.69, 9.17) is 12.2 Å². The van der Waals surface area contributed by atoms with Crippen molar-refractivity contribution < 1.29 is 8.78 Å². The van der Waals surface area contributed by atoms with E-state index in [9.17, 15) is 13.6 Å². The monoisotopic (exact) mass is 482 g/mol. The minimum atomic E-state index is -2.89. The van der Waals surface area contributed by atoms with Gasteiger partial charge in [-0.2, -0.15) is 0 Å². The summed E-state index contributed by atoms with van der Waals surface area (Å²) in [6.07, 6.45) is 1.92. The zero-order valence-corrected chi connectivity index (χ0v) is 20.5. The van der Waals surface area contributed by atoms with Crippen molar-refractivity contribution in [3.63, 3.8) is 0 Å². The Labute approximate surface area is 202 Å². The highest BCUT2D eigenvalue weighted by molar-refractivity contribution is 7.71. The second kappa shape index (κ2) is 9.18. The summed E-state index contributed by atoms with van der Waals surface area (Å²) in [5.41, 5.74) is 2.30. The fourth-order valence-electron chi connectivity index (χ4n) is 4.05. The van der Waals surface area contributed by atoms with Gasteiger partial charge in [0.05, 0.1) is 10.9 Å². The summed E-state index contributed by atoms with van der Waals surface area (Å²) >= 11 is 5.71. The fraction of sp³-hybridized carbons (Fsp3) is 0.308. The Hall–Kier alpha value is -3.26. The van der Waals surface area contributed by atoms with Crippen LogP contribution in [0.3, 0.4) is 0 Å². The van der Waals surface area contributed by atoms with Crippen LogP contribution in [0.25, 0.3) is 10.9 Å². The fourth-order valence-corrected chi connectivity index (χ4v) is 4.33. The molecule has 0 aliphatic carbocycles. The normalized spacial score (nSPS) is 12.0. The van der Waals surface area contributed by atoms with Crippen molar-refractivity contribution in [3.05, 3.63) is 87.0 Å². The lowest BCUT2D eigenvalue weighted by Gasteiger charge is -2.15. The molecule has 4 rings (SSSR count). The molecule has 0 aliphatic heterocycles. The summed E-state index contributed by atoms with van der Waals surface area (Å²) in [6.45, 7) is 5.99. The number of fused-ring (bicyclic) bond motifs is 1. The van der Waals surface area contributed by atoms with Crippen LogP contribution < -0.4 is 11.0 Å². The topological polar surface area (TPSA) is 43.9 Å². The van der Waals surface area contributed by atoms with Gasteiger partial charge in [-0.15, -0.1) is 0 Å². The highest BCUT2D eigenvalue weighted by Crippen LogP contribution is 2.31. The highest BCUT2D eigenvalue weighted by Gasteiger charge is 2.24. The van der Waals surface area contributed by atoms with Crippen molar-refractivity contribution in [2.45, 2.75) is 39.8 Å². The van der Waals surface area contributed by atoms with Crippen molar-refractivity contribution in [3.8, 4) is 0 Å². The third-order valence-electron chi connectivity index (χ3n) is 5.78. The van der Waals surface area contributed by atoms with Gasteiger partial charge in [-0.05, 0) is 23.6 Å². The first kappa shape index (κ1) is 23.9. The lowest BCUT2D eigenvalue weighted by Crippen LogP contribution is -2.31. The molecule has 1 N–H and O–H groups in total. The summed E-state index contributed by atoms with van der Waals surface area (Å²) in [6, 6.07) is 16.0. The van der Waals surface area contributed by atoms with Crippen molar-refractivity contribution in [1.82, 2.24) is 13.7 Å². The van der Waals surface area contributed by atoms with Crippen LogP contribution >= 0.6 is 12.2 Å². The number of rotatable bonds is 7. The van der Waals surface area contributed by atoms with Crippen molar-refractivity contribution in [1.29, 1.82) is 0 Å². The Balaban J connectivity index is 1.91. The maximum atomic E-state index is 13.7. The Bertz CT molecular complexity index is 1430. The number of halogens is 2. The molecule has 0 bridgehead atoms. The molecule has 178 valence electrons. The van der Waals surface area contributed by atoms with Gasteiger partial charge in [0.2, 0.25) is 0 Å². The van der Waals surface area contributed by atoms with Gasteiger partial charge < -0.3 is 9.88 Å². The van der Waals surface area contributed by atoms with Gasteiger partial charge in [0.15, 0.2) is 0 Å². The molecule has 0 aliphatic rings. The maximum absolute atomic E-state index is 13.7. The lowest BCUT2D eigenvalue weighted by atomic mass is 10.1. The van der Waals surface area contributed by atoms with Crippen LogP contribution in [0.1, 0.15) is 31.9 Å². The Kier molecular flexibility index (Phi) is 6.45. The van der Waals surface area contributed by atoms with Gasteiger partial charge in [0.25, 0.3) is 5.92 Å². The molecule has 0 spiro atoms. The standard InChI is InChI=1S/C26H28F2N4OS/c1-17(2)14-32-21-16-31(15-18-10-12-19(13-11-18)26(3,27)28)23(29-20-8-6-5-7-9-20)22(21)24(34)30(4)25(32)33/h5-13,16-17,29H,14-15H2,1-4H3. The van der Waals surface area contributed by atoms with Crippen molar-refractivity contribution in [2.24, 2.45) is 13.0 Å². The molecule has 2 heterocycles. The van der Waals surface area contributed by atoms with Crippen LogP contribution in [0.2, 0.25) is 0 Å². The molecular formula is C26H28F2N4OS. The zero-order valence-electron chi connectivity index (χ0n) is 19.7. The number of aromatic nitrogens is 3. The molecule has 2 aromatic carbocycles. The molecule has 0 amide bonds. The Morgan fingerprint density at radius 3 is 2.29 bits per heavy atom. The van der Waals surface area contributed by atoms with Gasteiger partial charge in [-0.1, -0.05) is 68.5 Å². The third kappa shape index (κ3) is 4.68. The summed E-state index contributed by atoms with van der Waals surface area (Å²) < 4.78 is 33.0. The van der Waals surface area contributed by atoms with Gasteiger partial charge in [-0.25, -0.2) is 13.6 Å². The molecule has 4 aromatic rings. The molecule has 2 aromatic heterocycles. The number of anilines is 2. The minimum absolute atomic E-state index is 0.0257. The first-order chi connectivity index (χ1) is 16.1. The van der Waals surface area contributed by atoms with E-state index in [2.05, 4.69) is 19.2 Å². The van der Waals surface area contributed by atoms with Crippen LogP contribution in [0.4, 0.5) is 20.3 Å². The number of para-hydroxylation sites is 1. The molecule has 0 saturated heterocycles. The minimum Gasteiger partial charge on any atom is -0.341 e. The molecule has 5 nitrogen and oxygen atoms in total.